The predicted octanol–water partition coefficient (Wildman–Crippen LogP) is 2.95. The number of hydrogen-bond donors (Lipinski definition) is 2. The van der Waals surface area contributed by atoms with Crippen molar-refractivity contribution in [1.29, 1.82) is 0 Å². The van der Waals surface area contributed by atoms with Crippen LogP contribution in [0.25, 0.3) is 0 Å². The maximum atomic E-state index is 5.55. The van der Waals surface area contributed by atoms with Crippen molar-refractivity contribution in [1.82, 2.24) is 15.5 Å². The van der Waals surface area contributed by atoms with E-state index in [4.69, 9.17) is 17.0 Å². The number of rotatable bonds is 6. The normalized spacial score (nSPS) is 26.4. The Bertz CT molecular complexity index is 577. The monoisotopic (exact) mass is 347 g/mol. The Labute approximate surface area is 150 Å². The van der Waals surface area contributed by atoms with Gasteiger partial charge in [0.05, 0.1) is 13.2 Å². The molecule has 2 bridgehead atoms. The van der Waals surface area contributed by atoms with Crippen LogP contribution in [0.3, 0.4) is 0 Å². The van der Waals surface area contributed by atoms with Gasteiger partial charge in [-0.1, -0.05) is 24.6 Å². The summed E-state index contributed by atoms with van der Waals surface area (Å²) in [5.41, 5.74) is 1.18. The van der Waals surface area contributed by atoms with Crippen LogP contribution in [0.1, 0.15) is 37.3 Å². The van der Waals surface area contributed by atoms with Gasteiger partial charge in [0.1, 0.15) is 5.75 Å². The summed E-state index contributed by atoms with van der Waals surface area (Å²) in [6.45, 7) is 0.764. The van der Waals surface area contributed by atoms with E-state index in [9.17, 15) is 0 Å². The molecule has 0 saturated heterocycles. The van der Waals surface area contributed by atoms with Gasteiger partial charge in [-0.2, -0.15) is 0 Å². The van der Waals surface area contributed by atoms with Gasteiger partial charge in [0.15, 0.2) is 5.11 Å². The number of benzene rings is 1. The van der Waals surface area contributed by atoms with Crippen molar-refractivity contribution in [2.75, 3.05) is 27.7 Å². The Morgan fingerprint density at radius 3 is 2.71 bits per heavy atom. The molecule has 4 atom stereocenters. The molecule has 0 heterocycles. The zero-order valence-corrected chi connectivity index (χ0v) is 15.7. The number of likely N-dealkylation sites (N-methyl/N-ethyl adjacent to an activating group) is 1. The van der Waals surface area contributed by atoms with Crippen LogP contribution in [-0.2, 0) is 0 Å². The molecule has 132 valence electrons. The fraction of sp³-hybridized carbons (Fsp3) is 0.632. The summed E-state index contributed by atoms with van der Waals surface area (Å²) < 4.78 is 5.52. The highest BCUT2D eigenvalue weighted by Crippen LogP contribution is 2.44. The molecule has 5 heteroatoms. The third-order valence-electron chi connectivity index (χ3n) is 5.63. The van der Waals surface area contributed by atoms with Crippen molar-refractivity contribution in [2.24, 2.45) is 11.8 Å². The van der Waals surface area contributed by atoms with Crippen molar-refractivity contribution < 1.29 is 4.74 Å². The number of para-hydroxylation sites is 1. The van der Waals surface area contributed by atoms with E-state index in [0.717, 1.165) is 29.2 Å². The summed E-state index contributed by atoms with van der Waals surface area (Å²) in [5, 5.41) is 7.76. The molecule has 0 unspecified atom stereocenters. The molecule has 2 aliphatic carbocycles. The van der Waals surface area contributed by atoms with Gasteiger partial charge in [-0.3, -0.25) is 0 Å². The van der Waals surface area contributed by atoms with Crippen LogP contribution in [0.15, 0.2) is 24.3 Å². The summed E-state index contributed by atoms with van der Waals surface area (Å²) in [4.78, 5) is 2.20. The van der Waals surface area contributed by atoms with Crippen molar-refractivity contribution in [3.63, 3.8) is 0 Å². The smallest absolute Gasteiger partial charge is 0.166 e. The Morgan fingerprint density at radius 2 is 2.08 bits per heavy atom. The highest BCUT2D eigenvalue weighted by atomic mass is 32.1. The number of thiocarbonyl (C=S) groups is 1. The Kier molecular flexibility index (Phi) is 5.61. The lowest BCUT2D eigenvalue weighted by Crippen LogP contribution is -2.46. The van der Waals surface area contributed by atoms with Gasteiger partial charge >= 0.3 is 0 Å². The van der Waals surface area contributed by atoms with Gasteiger partial charge in [0, 0.05) is 18.2 Å². The van der Waals surface area contributed by atoms with Crippen LogP contribution in [0.4, 0.5) is 0 Å². The summed E-state index contributed by atoms with van der Waals surface area (Å²) in [6, 6.07) is 8.98. The number of nitrogens with zero attached hydrogens (tertiary/aromatic N) is 1. The third kappa shape index (κ3) is 3.83. The van der Waals surface area contributed by atoms with Gasteiger partial charge in [-0.25, -0.2) is 0 Å². The average Bonchev–Trinajstić information content (AvgIpc) is 3.18. The summed E-state index contributed by atoms with van der Waals surface area (Å²) >= 11 is 5.55. The first-order valence-electron chi connectivity index (χ1n) is 8.92. The van der Waals surface area contributed by atoms with Crippen LogP contribution in [0, 0.1) is 11.8 Å². The minimum Gasteiger partial charge on any atom is -0.496 e. The lowest BCUT2D eigenvalue weighted by molar-refractivity contribution is 0.287. The lowest BCUT2D eigenvalue weighted by Gasteiger charge is -2.29. The molecule has 2 N–H and O–H groups in total. The number of nitrogens with one attached hydrogen (secondary N) is 2. The summed E-state index contributed by atoms with van der Waals surface area (Å²) in [6.07, 6.45) is 5.46. The van der Waals surface area contributed by atoms with Gasteiger partial charge in [0.2, 0.25) is 0 Å². The van der Waals surface area contributed by atoms with Crippen molar-refractivity contribution in [3.05, 3.63) is 29.8 Å². The van der Waals surface area contributed by atoms with Crippen molar-refractivity contribution in [2.45, 2.75) is 37.8 Å². The average molecular weight is 348 g/mol. The minimum atomic E-state index is 0.209. The standard InChI is InChI=1S/C19H29N3OS/c1-22(2)17(15-6-4-5-7-18(15)23-3)12-20-19(24)21-16-11-13-8-9-14(16)10-13/h4-7,13-14,16-17H,8-12H2,1-3H3,(H2,20,21,24)/t13-,14-,16-,17-/m0/s1. The molecule has 0 aromatic heterocycles. The SMILES string of the molecule is COc1ccccc1[C@H](CNC(=S)N[C@H]1C[C@H]2CC[C@H]1C2)N(C)C. The Hall–Kier alpha value is -1.33. The highest BCUT2D eigenvalue weighted by molar-refractivity contribution is 7.80. The van der Waals surface area contributed by atoms with Gasteiger partial charge < -0.3 is 20.3 Å². The van der Waals surface area contributed by atoms with E-state index in [1.54, 1.807) is 7.11 Å². The minimum absolute atomic E-state index is 0.209. The fourth-order valence-electron chi connectivity index (χ4n) is 4.34. The second kappa shape index (κ2) is 7.70. The molecular formula is C19H29N3OS. The number of methoxy groups -OCH3 is 1. The quantitative estimate of drug-likeness (QED) is 0.774. The number of ether oxygens (including phenoxy) is 1. The highest BCUT2D eigenvalue weighted by Gasteiger charge is 2.39. The molecule has 24 heavy (non-hydrogen) atoms. The molecule has 3 rings (SSSR count). The van der Waals surface area contributed by atoms with Crippen LogP contribution >= 0.6 is 12.2 Å². The molecule has 1 aromatic rings. The second-order valence-electron chi connectivity index (χ2n) is 7.36. The first kappa shape index (κ1) is 17.5. The topological polar surface area (TPSA) is 36.5 Å². The van der Waals surface area contributed by atoms with E-state index < -0.39 is 0 Å². The molecule has 2 fully saturated rings. The second-order valence-corrected chi connectivity index (χ2v) is 7.77. The van der Waals surface area contributed by atoms with Crippen LogP contribution < -0.4 is 15.4 Å². The van der Waals surface area contributed by atoms with E-state index >= 15 is 0 Å². The summed E-state index contributed by atoms with van der Waals surface area (Å²) in [5.74, 6) is 2.68. The fourth-order valence-corrected chi connectivity index (χ4v) is 4.58. The van der Waals surface area contributed by atoms with E-state index in [1.165, 1.54) is 31.2 Å². The van der Waals surface area contributed by atoms with E-state index in [2.05, 4.69) is 41.8 Å². The number of hydrogen-bond acceptors (Lipinski definition) is 3. The molecule has 0 spiro atoms. The van der Waals surface area contributed by atoms with Crippen LogP contribution in [0.5, 0.6) is 5.75 Å². The molecule has 4 nitrogen and oxygen atoms in total. The maximum Gasteiger partial charge on any atom is 0.166 e. The zero-order valence-electron chi connectivity index (χ0n) is 14.9. The van der Waals surface area contributed by atoms with Gasteiger partial charge in [-0.15, -0.1) is 0 Å². The summed E-state index contributed by atoms with van der Waals surface area (Å²) in [7, 11) is 5.90. The molecule has 2 aliphatic rings. The molecular weight excluding hydrogens is 318 g/mol. The molecule has 2 saturated carbocycles. The first-order chi connectivity index (χ1) is 11.6. The van der Waals surface area contributed by atoms with E-state index in [0.29, 0.717) is 6.04 Å². The molecule has 0 amide bonds. The van der Waals surface area contributed by atoms with Crippen molar-refractivity contribution >= 4 is 17.3 Å². The maximum absolute atomic E-state index is 5.55. The Morgan fingerprint density at radius 1 is 1.29 bits per heavy atom. The molecule has 0 radical (unpaired) electrons. The lowest BCUT2D eigenvalue weighted by atomic mass is 9.95. The predicted molar refractivity (Wildman–Crippen MR) is 102 cm³/mol. The first-order valence-corrected chi connectivity index (χ1v) is 9.33. The van der Waals surface area contributed by atoms with Crippen LogP contribution in [0.2, 0.25) is 0 Å². The zero-order chi connectivity index (χ0) is 17.1. The molecule has 0 aliphatic heterocycles. The van der Waals surface area contributed by atoms with Crippen molar-refractivity contribution in [3.8, 4) is 5.75 Å². The van der Waals surface area contributed by atoms with Gasteiger partial charge in [0.25, 0.3) is 0 Å². The van der Waals surface area contributed by atoms with Gasteiger partial charge in [-0.05, 0) is 63.5 Å². The molecule has 1 aromatic carbocycles. The Balaban J connectivity index is 1.57. The largest absolute Gasteiger partial charge is 0.496 e. The number of fused-ring (bicyclic) bond motifs is 2. The third-order valence-corrected chi connectivity index (χ3v) is 5.89. The van der Waals surface area contributed by atoms with Crippen LogP contribution in [-0.4, -0.2) is 43.8 Å². The van der Waals surface area contributed by atoms with E-state index in [-0.39, 0.29) is 6.04 Å². The van der Waals surface area contributed by atoms with E-state index in [1.807, 2.05) is 12.1 Å².